The number of aliphatic carboxylic acids is 1. The van der Waals surface area contributed by atoms with E-state index in [1.54, 1.807) is 6.08 Å². The predicted molar refractivity (Wildman–Crippen MR) is 69.1 cm³/mol. The summed E-state index contributed by atoms with van der Waals surface area (Å²) in [4.78, 5) is 14.9. The molecule has 1 aliphatic rings. The molecule has 98 valence electrons. The lowest BCUT2D eigenvalue weighted by atomic mass is 9.94. The van der Waals surface area contributed by atoms with Crippen molar-refractivity contribution in [1.29, 1.82) is 0 Å². The number of carbonyl (C=O) groups is 1. The highest BCUT2D eigenvalue weighted by atomic mass is 16.4. The Bertz CT molecular complexity index is 258. The van der Waals surface area contributed by atoms with Gasteiger partial charge in [-0.3, -0.25) is 0 Å². The fourth-order valence-corrected chi connectivity index (χ4v) is 2.18. The molecule has 4 heteroatoms. The number of nitrogens with zero attached hydrogens (tertiary/aromatic N) is 2. The highest BCUT2D eigenvalue weighted by molar-refractivity contribution is 5.79. The lowest BCUT2D eigenvalue weighted by Crippen LogP contribution is -2.32. The Hall–Kier alpha value is -0.870. The van der Waals surface area contributed by atoms with Gasteiger partial charge in [-0.25, -0.2) is 4.79 Å². The molecule has 0 spiro atoms. The van der Waals surface area contributed by atoms with Gasteiger partial charge < -0.3 is 14.9 Å². The molecule has 0 aromatic heterocycles. The first-order chi connectivity index (χ1) is 8.08. The summed E-state index contributed by atoms with van der Waals surface area (Å²) in [7, 11) is 4.22. The summed E-state index contributed by atoms with van der Waals surface area (Å²) >= 11 is 0. The molecule has 1 fully saturated rings. The van der Waals surface area contributed by atoms with E-state index in [1.807, 2.05) is 7.05 Å². The minimum atomic E-state index is -0.867. The van der Waals surface area contributed by atoms with Gasteiger partial charge >= 0.3 is 5.97 Å². The highest BCUT2D eigenvalue weighted by Gasteiger charge is 2.16. The van der Waals surface area contributed by atoms with Crippen LogP contribution < -0.4 is 0 Å². The van der Waals surface area contributed by atoms with Crippen LogP contribution >= 0.6 is 0 Å². The number of rotatable bonds is 6. The fourth-order valence-electron chi connectivity index (χ4n) is 2.18. The summed E-state index contributed by atoms with van der Waals surface area (Å²) in [5.41, 5.74) is 0. The molecule has 0 bridgehead atoms. The molecule has 4 nitrogen and oxygen atoms in total. The Morgan fingerprint density at radius 1 is 1.47 bits per heavy atom. The van der Waals surface area contributed by atoms with E-state index in [0.717, 1.165) is 19.0 Å². The number of likely N-dealkylation sites (tertiary alicyclic amines) is 1. The summed E-state index contributed by atoms with van der Waals surface area (Å²) in [6.07, 6.45) is 6.75. The van der Waals surface area contributed by atoms with E-state index in [1.165, 1.54) is 38.4 Å². The monoisotopic (exact) mass is 240 g/mol. The van der Waals surface area contributed by atoms with Crippen molar-refractivity contribution in [2.45, 2.75) is 19.3 Å². The van der Waals surface area contributed by atoms with Gasteiger partial charge in [0, 0.05) is 12.6 Å². The maximum Gasteiger partial charge on any atom is 0.328 e. The van der Waals surface area contributed by atoms with Crippen LogP contribution in [0.25, 0.3) is 0 Å². The number of piperidine rings is 1. The molecule has 1 heterocycles. The van der Waals surface area contributed by atoms with E-state index >= 15 is 0 Å². The quantitative estimate of drug-likeness (QED) is 0.711. The summed E-state index contributed by atoms with van der Waals surface area (Å²) in [6, 6.07) is 0. The molecule has 0 aliphatic carbocycles. The van der Waals surface area contributed by atoms with Crippen molar-refractivity contribution in [3.63, 3.8) is 0 Å². The fraction of sp³-hybridized carbons (Fsp3) is 0.769. The molecular formula is C13H24N2O2. The van der Waals surface area contributed by atoms with E-state index in [9.17, 15) is 4.79 Å². The molecular weight excluding hydrogens is 216 g/mol. The Kier molecular flexibility index (Phi) is 6.22. The maximum atomic E-state index is 10.3. The zero-order valence-electron chi connectivity index (χ0n) is 10.9. The van der Waals surface area contributed by atoms with E-state index in [-0.39, 0.29) is 0 Å². The van der Waals surface area contributed by atoms with E-state index < -0.39 is 5.97 Å². The van der Waals surface area contributed by atoms with Gasteiger partial charge in [0.05, 0.1) is 0 Å². The van der Waals surface area contributed by atoms with E-state index in [0.29, 0.717) is 0 Å². The molecule has 1 saturated heterocycles. The van der Waals surface area contributed by atoms with Crippen LogP contribution in [0.4, 0.5) is 0 Å². The number of likely N-dealkylation sites (N-methyl/N-ethyl adjacent to an activating group) is 1. The van der Waals surface area contributed by atoms with Crippen molar-refractivity contribution in [2.75, 3.05) is 40.3 Å². The molecule has 0 unspecified atom stereocenters. The van der Waals surface area contributed by atoms with E-state index in [4.69, 9.17) is 5.11 Å². The van der Waals surface area contributed by atoms with Crippen LogP contribution in [0.3, 0.4) is 0 Å². The number of hydrogen-bond donors (Lipinski definition) is 1. The Morgan fingerprint density at radius 2 is 2.12 bits per heavy atom. The van der Waals surface area contributed by atoms with Gasteiger partial charge in [-0.15, -0.1) is 0 Å². The van der Waals surface area contributed by atoms with Crippen molar-refractivity contribution < 1.29 is 9.90 Å². The summed E-state index contributed by atoms with van der Waals surface area (Å²) < 4.78 is 0. The second kappa shape index (κ2) is 7.45. The van der Waals surface area contributed by atoms with Crippen molar-refractivity contribution in [3.05, 3.63) is 12.2 Å². The van der Waals surface area contributed by atoms with Crippen LogP contribution in [-0.2, 0) is 4.79 Å². The second-order valence-corrected chi connectivity index (χ2v) is 5.04. The first-order valence-corrected chi connectivity index (χ1v) is 6.34. The summed E-state index contributed by atoms with van der Waals surface area (Å²) in [6.45, 7) is 4.21. The first kappa shape index (κ1) is 14.2. The zero-order chi connectivity index (χ0) is 12.7. The Balaban J connectivity index is 2.11. The predicted octanol–water partition coefficient (Wildman–Crippen LogP) is 1.29. The van der Waals surface area contributed by atoms with Crippen molar-refractivity contribution in [1.82, 2.24) is 9.80 Å². The molecule has 17 heavy (non-hydrogen) atoms. The summed E-state index contributed by atoms with van der Waals surface area (Å²) in [5.74, 6) is -0.0224. The largest absolute Gasteiger partial charge is 0.478 e. The molecule has 0 aromatic rings. The van der Waals surface area contributed by atoms with E-state index in [2.05, 4.69) is 16.8 Å². The third-order valence-electron chi connectivity index (χ3n) is 3.43. The average Bonchev–Trinajstić information content (AvgIpc) is 2.28. The smallest absolute Gasteiger partial charge is 0.328 e. The maximum absolute atomic E-state index is 10.3. The van der Waals surface area contributed by atoms with Crippen LogP contribution in [-0.4, -0.2) is 61.2 Å². The molecule has 0 aromatic carbocycles. The topological polar surface area (TPSA) is 43.8 Å². The molecule has 1 aliphatic heterocycles. The molecule has 0 atom stereocenters. The lowest BCUT2D eigenvalue weighted by molar-refractivity contribution is -0.131. The highest BCUT2D eigenvalue weighted by Crippen LogP contribution is 2.19. The van der Waals surface area contributed by atoms with Gasteiger partial charge in [0.15, 0.2) is 0 Å². The van der Waals surface area contributed by atoms with Crippen LogP contribution in [0.1, 0.15) is 19.3 Å². The van der Waals surface area contributed by atoms with Crippen molar-refractivity contribution in [3.8, 4) is 0 Å². The van der Waals surface area contributed by atoms with Crippen molar-refractivity contribution >= 4 is 5.97 Å². The Morgan fingerprint density at radius 3 is 2.71 bits per heavy atom. The SMILES string of the molecule is CN(C/C=C/C(=O)O)CCC1CCN(C)CC1. The minimum absolute atomic E-state index is 0.721. The Labute approximate surface area is 104 Å². The van der Waals surface area contributed by atoms with Crippen LogP contribution in [0.2, 0.25) is 0 Å². The van der Waals surface area contributed by atoms with Gasteiger partial charge in [0.2, 0.25) is 0 Å². The number of carboxylic acid groups (broad SMARTS) is 1. The molecule has 0 radical (unpaired) electrons. The van der Waals surface area contributed by atoms with Gasteiger partial charge in [-0.2, -0.15) is 0 Å². The third kappa shape index (κ3) is 6.44. The van der Waals surface area contributed by atoms with Gasteiger partial charge in [-0.05, 0) is 58.9 Å². The molecule has 1 rings (SSSR count). The zero-order valence-corrected chi connectivity index (χ0v) is 10.9. The van der Waals surface area contributed by atoms with Gasteiger partial charge in [0.25, 0.3) is 0 Å². The van der Waals surface area contributed by atoms with Gasteiger partial charge in [0.1, 0.15) is 0 Å². The van der Waals surface area contributed by atoms with Crippen LogP contribution in [0.5, 0.6) is 0 Å². The molecule has 1 N–H and O–H groups in total. The first-order valence-electron chi connectivity index (χ1n) is 6.34. The number of hydrogen-bond acceptors (Lipinski definition) is 3. The lowest BCUT2D eigenvalue weighted by Gasteiger charge is -2.29. The van der Waals surface area contributed by atoms with Crippen LogP contribution in [0.15, 0.2) is 12.2 Å². The second-order valence-electron chi connectivity index (χ2n) is 5.04. The molecule has 0 amide bonds. The normalized spacial score (nSPS) is 19.2. The van der Waals surface area contributed by atoms with Gasteiger partial charge in [-0.1, -0.05) is 6.08 Å². The molecule has 0 saturated carbocycles. The van der Waals surface area contributed by atoms with Crippen molar-refractivity contribution in [2.24, 2.45) is 5.92 Å². The standard InChI is InChI=1S/C13H24N2O2/c1-14(8-3-4-13(16)17)9-5-12-6-10-15(2)11-7-12/h3-4,12H,5-11H2,1-2H3,(H,16,17)/b4-3+. The summed E-state index contributed by atoms with van der Waals surface area (Å²) in [5, 5.41) is 8.47. The van der Waals surface area contributed by atoms with Crippen LogP contribution in [0, 0.1) is 5.92 Å². The third-order valence-corrected chi connectivity index (χ3v) is 3.43. The average molecular weight is 240 g/mol. The number of carboxylic acids is 1. The minimum Gasteiger partial charge on any atom is -0.478 e.